The van der Waals surface area contributed by atoms with Gasteiger partial charge < -0.3 is 14.5 Å². The molecule has 0 aliphatic heterocycles. The minimum atomic E-state index is -0.891. The van der Waals surface area contributed by atoms with Gasteiger partial charge in [-0.15, -0.1) is 0 Å². The maximum atomic E-state index is 12.5. The first kappa shape index (κ1) is 18.5. The van der Waals surface area contributed by atoms with E-state index in [1.807, 2.05) is 54.6 Å². The van der Waals surface area contributed by atoms with Crippen LogP contribution in [0, 0.1) is 0 Å². The number of anilines is 1. The van der Waals surface area contributed by atoms with Gasteiger partial charge in [-0.25, -0.2) is 0 Å². The lowest BCUT2D eigenvalue weighted by atomic mass is 10.0. The van der Waals surface area contributed by atoms with Crippen LogP contribution in [0.1, 0.15) is 19.1 Å². The van der Waals surface area contributed by atoms with Crippen LogP contribution in [0.25, 0.3) is 11.1 Å². The largest absolute Gasteiger partial charge is 0.469 e. The van der Waals surface area contributed by atoms with Gasteiger partial charge in [0.1, 0.15) is 5.76 Å². The van der Waals surface area contributed by atoms with E-state index in [1.54, 1.807) is 25.3 Å². The molecule has 1 aromatic heterocycles. The summed E-state index contributed by atoms with van der Waals surface area (Å²) >= 11 is 0. The van der Waals surface area contributed by atoms with Gasteiger partial charge in [-0.2, -0.15) is 0 Å². The Bertz CT molecular complexity index is 888. The number of ether oxygens (including phenoxy) is 1. The Kier molecular flexibility index (Phi) is 6.05. The van der Waals surface area contributed by atoms with Crippen LogP contribution in [0.5, 0.6) is 0 Å². The normalized spacial score (nSPS) is 11.6. The third-order valence-electron chi connectivity index (χ3n) is 4.10. The van der Waals surface area contributed by atoms with Crippen molar-refractivity contribution in [1.29, 1.82) is 0 Å². The summed E-state index contributed by atoms with van der Waals surface area (Å²) in [4.78, 5) is 24.4. The molecule has 3 rings (SSSR count). The molecule has 0 aliphatic carbocycles. The summed E-state index contributed by atoms with van der Waals surface area (Å²) in [5.41, 5.74) is 2.58. The lowest BCUT2D eigenvalue weighted by Gasteiger charge is -2.15. The first-order chi connectivity index (χ1) is 13.1. The van der Waals surface area contributed by atoms with E-state index in [-0.39, 0.29) is 12.3 Å². The maximum absolute atomic E-state index is 12.5. The van der Waals surface area contributed by atoms with Crippen LogP contribution in [0.3, 0.4) is 0 Å². The van der Waals surface area contributed by atoms with E-state index in [1.165, 1.54) is 0 Å². The summed E-state index contributed by atoms with van der Waals surface area (Å²) in [5.74, 6) is -0.101. The number of carbonyl (C=O) groups excluding carboxylic acids is 2. The number of benzene rings is 2. The van der Waals surface area contributed by atoms with Crippen LogP contribution in [0.15, 0.2) is 77.4 Å². The first-order valence-electron chi connectivity index (χ1n) is 8.80. The molecule has 1 atom stereocenters. The topological polar surface area (TPSA) is 68.5 Å². The van der Waals surface area contributed by atoms with Crippen LogP contribution < -0.4 is 5.32 Å². The molecule has 0 aliphatic rings. The number of hydrogen-bond acceptors (Lipinski definition) is 4. The van der Waals surface area contributed by atoms with Crippen molar-refractivity contribution < 1.29 is 18.7 Å². The second-order valence-corrected chi connectivity index (χ2v) is 6.11. The number of carbonyl (C=O) groups is 2. The summed E-state index contributed by atoms with van der Waals surface area (Å²) < 4.78 is 10.4. The van der Waals surface area contributed by atoms with E-state index >= 15 is 0 Å². The summed E-state index contributed by atoms with van der Waals surface area (Å²) in [6.07, 6.45) is 1.27. The summed E-state index contributed by atoms with van der Waals surface area (Å²) in [6.45, 7) is 1.56. The number of amides is 1. The second kappa shape index (κ2) is 8.85. The highest BCUT2D eigenvalue weighted by atomic mass is 16.5. The van der Waals surface area contributed by atoms with E-state index in [4.69, 9.17) is 9.15 Å². The van der Waals surface area contributed by atoms with Gasteiger partial charge in [-0.1, -0.05) is 48.5 Å². The van der Waals surface area contributed by atoms with Crippen LogP contribution in [-0.4, -0.2) is 18.0 Å². The predicted octanol–water partition coefficient (Wildman–Crippen LogP) is 4.45. The fourth-order valence-corrected chi connectivity index (χ4v) is 2.69. The van der Waals surface area contributed by atoms with Crippen molar-refractivity contribution in [2.24, 2.45) is 0 Å². The van der Waals surface area contributed by atoms with Crippen LogP contribution in [-0.2, 0) is 20.7 Å². The number of nitrogens with one attached hydrogen (secondary N) is 1. The molecule has 0 saturated carbocycles. The molecule has 2 aromatic carbocycles. The number of esters is 1. The molecule has 1 N–H and O–H groups in total. The Hall–Kier alpha value is -3.34. The van der Waals surface area contributed by atoms with E-state index in [2.05, 4.69) is 5.32 Å². The van der Waals surface area contributed by atoms with Crippen LogP contribution in [0.2, 0.25) is 0 Å². The van der Waals surface area contributed by atoms with Crippen molar-refractivity contribution in [3.05, 3.63) is 78.8 Å². The first-order valence-corrected chi connectivity index (χ1v) is 8.80. The predicted molar refractivity (Wildman–Crippen MR) is 103 cm³/mol. The van der Waals surface area contributed by atoms with Crippen molar-refractivity contribution in [2.75, 3.05) is 5.32 Å². The Balaban J connectivity index is 1.59. The molecule has 0 radical (unpaired) electrons. The van der Waals surface area contributed by atoms with Gasteiger partial charge in [-0.05, 0) is 30.7 Å². The standard InChI is InChI=1S/C22H21NO4/c1-16(27-21(24)14-13-18-10-7-15-26-18)22(25)23-20-12-6-5-11-19(20)17-8-3-2-4-9-17/h2-12,15-16H,13-14H2,1H3,(H,23,25). The van der Waals surface area contributed by atoms with Gasteiger partial charge in [0, 0.05) is 17.7 Å². The van der Waals surface area contributed by atoms with Gasteiger partial charge in [0.15, 0.2) is 6.10 Å². The van der Waals surface area contributed by atoms with Crippen LogP contribution >= 0.6 is 0 Å². The monoisotopic (exact) mass is 363 g/mol. The summed E-state index contributed by atoms with van der Waals surface area (Å²) in [5, 5.41) is 2.85. The molecular weight excluding hydrogens is 342 g/mol. The molecule has 1 heterocycles. The van der Waals surface area contributed by atoms with Crippen molar-refractivity contribution in [3.8, 4) is 11.1 Å². The number of rotatable bonds is 7. The molecule has 0 saturated heterocycles. The number of furan rings is 1. The van der Waals surface area contributed by atoms with Crippen molar-refractivity contribution in [3.63, 3.8) is 0 Å². The Labute approximate surface area is 158 Å². The fraction of sp³-hybridized carbons (Fsp3) is 0.182. The highest BCUT2D eigenvalue weighted by Crippen LogP contribution is 2.27. The Morgan fingerprint density at radius 1 is 1.00 bits per heavy atom. The minimum absolute atomic E-state index is 0.158. The van der Waals surface area contributed by atoms with E-state index < -0.39 is 12.1 Å². The molecule has 0 spiro atoms. The second-order valence-electron chi connectivity index (χ2n) is 6.11. The lowest BCUT2D eigenvalue weighted by Crippen LogP contribution is -2.30. The van der Waals surface area contributed by atoms with Gasteiger partial charge in [0.2, 0.25) is 0 Å². The third kappa shape index (κ3) is 5.07. The van der Waals surface area contributed by atoms with Gasteiger partial charge >= 0.3 is 5.97 Å². The van der Waals surface area contributed by atoms with E-state index in [0.717, 1.165) is 11.1 Å². The molecule has 0 fully saturated rings. The summed E-state index contributed by atoms with van der Waals surface area (Å²) in [6, 6.07) is 20.9. The third-order valence-corrected chi connectivity index (χ3v) is 4.10. The van der Waals surface area contributed by atoms with Gasteiger partial charge in [0.25, 0.3) is 5.91 Å². The van der Waals surface area contributed by atoms with E-state index in [0.29, 0.717) is 17.9 Å². The zero-order valence-electron chi connectivity index (χ0n) is 15.1. The maximum Gasteiger partial charge on any atom is 0.307 e. The van der Waals surface area contributed by atoms with Crippen molar-refractivity contribution in [1.82, 2.24) is 0 Å². The van der Waals surface area contributed by atoms with Gasteiger partial charge in [-0.3, -0.25) is 9.59 Å². The van der Waals surface area contributed by atoms with Gasteiger partial charge in [0.05, 0.1) is 12.7 Å². The summed E-state index contributed by atoms with van der Waals surface area (Å²) in [7, 11) is 0. The quantitative estimate of drug-likeness (QED) is 0.630. The van der Waals surface area contributed by atoms with Crippen molar-refractivity contribution >= 4 is 17.6 Å². The molecule has 5 nitrogen and oxygen atoms in total. The number of hydrogen-bond donors (Lipinski definition) is 1. The minimum Gasteiger partial charge on any atom is -0.469 e. The smallest absolute Gasteiger partial charge is 0.307 e. The molecular formula is C22H21NO4. The van der Waals surface area contributed by atoms with Crippen LogP contribution in [0.4, 0.5) is 5.69 Å². The molecule has 3 aromatic rings. The Morgan fingerprint density at radius 2 is 1.74 bits per heavy atom. The molecule has 27 heavy (non-hydrogen) atoms. The molecule has 1 amide bonds. The Morgan fingerprint density at radius 3 is 2.48 bits per heavy atom. The van der Waals surface area contributed by atoms with Crippen molar-refractivity contribution in [2.45, 2.75) is 25.9 Å². The van der Waals surface area contributed by atoms with E-state index in [9.17, 15) is 9.59 Å². The highest BCUT2D eigenvalue weighted by Gasteiger charge is 2.19. The molecule has 5 heteroatoms. The molecule has 1 unspecified atom stereocenters. The lowest BCUT2D eigenvalue weighted by molar-refractivity contribution is -0.153. The number of aryl methyl sites for hydroxylation is 1. The SMILES string of the molecule is CC(OC(=O)CCc1ccco1)C(=O)Nc1ccccc1-c1ccccc1. The average Bonchev–Trinajstić information content (AvgIpc) is 3.21. The highest BCUT2D eigenvalue weighted by molar-refractivity contribution is 5.98. The number of para-hydroxylation sites is 1. The molecule has 0 bridgehead atoms. The zero-order valence-corrected chi connectivity index (χ0v) is 15.1. The molecule has 138 valence electrons. The fourth-order valence-electron chi connectivity index (χ4n) is 2.69. The average molecular weight is 363 g/mol. The zero-order chi connectivity index (χ0) is 19.1.